The van der Waals surface area contributed by atoms with Gasteiger partial charge in [0.05, 0.1) is 15.5 Å². The third-order valence-electron chi connectivity index (χ3n) is 5.66. The number of benzene rings is 4. The molecule has 4 aromatic carbocycles. The standard InChI is InChI=1S/C27H23N3O8S/c1-29(39(35,36)25-15-6-19-4-2-3-5-20(19)16-25)22-11-13-24(14-12-22)37-18-27(32)38-17-26(31)28-21-7-9-23(10-8-21)30(33)34/h2-16H,17-18H2,1H3,(H,28,31). The van der Waals surface area contributed by atoms with E-state index < -0.39 is 40.0 Å². The van der Waals surface area contributed by atoms with Crippen molar-refractivity contribution < 1.29 is 32.4 Å². The van der Waals surface area contributed by atoms with Crippen LogP contribution < -0.4 is 14.4 Å². The van der Waals surface area contributed by atoms with Crippen molar-refractivity contribution in [3.8, 4) is 5.75 Å². The monoisotopic (exact) mass is 549 g/mol. The molecule has 0 aromatic heterocycles. The Labute approximate surface area is 223 Å². The number of nitro benzene ring substituents is 1. The van der Waals surface area contributed by atoms with Crippen LogP contribution in [-0.2, 0) is 24.3 Å². The first-order valence-corrected chi connectivity index (χ1v) is 13.0. The quantitative estimate of drug-likeness (QED) is 0.177. The maximum atomic E-state index is 13.1. The maximum absolute atomic E-state index is 13.1. The molecule has 39 heavy (non-hydrogen) atoms. The van der Waals surface area contributed by atoms with Crippen molar-refractivity contribution >= 4 is 49.7 Å². The smallest absolute Gasteiger partial charge is 0.344 e. The summed E-state index contributed by atoms with van der Waals surface area (Å²) in [6.07, 6.45) is 0. The SMILES string of the molecule is CN(c1ccc(OCC(=O)OCC(=O)Nc2ccc([N+](=O)[O-])cc2)cc1)S(=O)(=O)c1ccc2ccccc2c1. The topological polar surface area (TPSA) is 145 Å². The Balaban J connectivity index is 1.27. The summed E-state index contributed by atoms with van der Waals surface area (Å²) in [7, 11) is -2.37. The van der Waals surface area contributed by atoms with E-state index in [1.165, 1.54) is 55.6 Å². The molecule has 4 aromatic rings. The molecular formula is C27H23N3O8S. The second-order valence-corrected chi connectivity index (χ2v) is 10.2. The fourth-order valence-electron chi connectivity index (χ4n) is 3.57. The Bertz CT molecular complexity index is 1620. The summed E-state index contributed by atoms with van der Waals surface area (Å²) in [6, 6.07) is 23.7. The van der Waals surface area contributed by atoms with Crippen LogP contribution in [0, 0.1) is 10.1 Å². The number of carbonyl (C=O) groups is 2. The summed E-state index contributed by atoms with van der Waals surface area (Å²) < 4.78 is 37.7. The summed E-state index contributed by atoms with van der Waals surface area (Å²) in [6.45, 7) is -1.05. The average Bonchev–Trinajstić information content (AvgIpc) is 2.94. The van der Waals surface area contributed by atoms with Crippen LogP contribution in [0.15, 0.2) is 95.9 Å². The number of fused-ring (bicyclic) bond motifs is 1. The van der Waals surface area contributed by atoms with Gasteiger partial charge >= 0.3 is 5.97 Å². The van der Waals surface area contributed by atoms with Gasteiger partial charge in [-0.1, -0.05) is 30.3 Å². The number of rotatable bonds is 10. The molecule has 0 aliphatic carbocycles. The summed E-state index contributed by atoms with van der Waals surface area (Å²) in [5, 5.41) is 14.9. The molecule has 0 atom stereocenters. The van der Waals surface area contributed by atoms with Gasteiger partial charge < -0.3 is 14.8 Å². The number of sulfonamides is 1. The van der Waals surface area contributed by atoms with Crippen LogP contribution in [-0.4, -0.2) is 45.5 Å². The van der Waals surface area contributed by atoms with Crippen LogP contribution in [0.4, 0.5) is 17.1 Å². The highest BCUT2D eigenvalue weighted by Crippen LogP contribution is 2.26. The van der Waals surface area contributed by atoms with Crippen LogP contribution in [0.5, 0.6) is 5.75 Å². The van der Waals surface area contributed by atoms with Gasteiger partial charge in [0.25, 0.3) is 21.6 Å². The van der Waals surface area contributed by atoms with Gasteiger partial charge in [-0.2, -0.15) is 0 Å². The molecule has 0 radical (unpaired) electrons. The van der Waals surface area contributed by atoms with Crippen LogP contribution in [0.3, 0.4) is 0 Å². The Morgan fingerprint density at radius 1 is 0.897 bits per heavy atom. The van der Waals surface area contributed by atoms with Crippen molar-refractivity contribution in [3.63, 3.8) is 0 Å². The number of nitrogens with zero attached hydrogens (tertiary/aromatic N) is 2. The first kappa shape index (κ1) is 27.1. The minimum Gasteiger partial charge on any atom is -0.482 e. The zero-order valence-corrected chi connectivity index (χ0v) is 21.5. The molecule has 0 aliphatic rings. The van der Waals surface area contributed by atoms with Crippen LogP contribution >= 0.6 is 0 Å². The molecule has 1 N–H and O–H groups in total. The van der Waals surface area contributed by atoms with E-state index in [0.29, 0.717) is 17.1 Å². The molecule has 0 saturated heterocycles. The largest absolute Gasteiger partial charge is 0.482 e. The van der Waals surface area contributed by atoms with Gasteiger partial charge in [-0.3, -0.25) is 19.2 Å². The normalized spacial score (nSPS) is 11.0. The highest BCUT2D eigenvalue weighted by Gasteiger charge is 2.21. The Hall–Kier alpha value is -4.97. The number of nitro groups is 1. The van der Waals surface area contributed by atoms with Crippen molar-refractivity contribution in [1.29, 1.82) is 0 Å². The highest BCUT2D eigenvalue weighted by molar-refractivity contribution is 7.92. The van der Waals surface area contributed by atoms with Gasteiger partial charge in [0.2, 0.25) is 0 Å². The van der Waals surface area contributed by atoms with Gasteiger partial charge in [0.1, 0.15) is 5.75 Å². The molecule has 12 heteroatoms. The highest BCUT2D eigenvalue weighted by atomic mass is 32.2. The number of carbonyl (C=O) groups excluding carboxylic acids is 2. The van der Waals surface area contributed by atoms with E-state index in [0.717, 1.165) is 15.1 Å². The zero-order valence-electron chi connectivity index (χ0n) is 20.6. The Kier molecular flexibility index (Phi) is 8.06. The van der Waals surface area contributed by atoms with E-state index in [1.807, 2.05) is 24.3 Å². The van der Waals surface area contributed by atoms with Crippen LogP contribution in [0.25, 0.3) is 10.8 Å². The summed E-state index contributed by atoms with van der Waals surface area (Å²) >= 11 is 0. The molecule has 0 spiro atoms. The lowest BCUT2D eigenvalue weighted by Gasteiger charge is -2.20. The van der Waals surface area contributed by atoms with E-state index in [1.54, 1.807) is 18.2 Å². The predicted octanol–water partition coefficient (Wildman–Crippen LogP) is 4.13. The number of nitrogens with one attached hydrogen (secondary N) is 1. The number of ether oxygens (including phenoxy) is 2. The maximum Gasteiger partial charge on any atom is 0.344 e. The molecule has 0 fully saturated rings. The number of anilines is 2. The Morgan fingerprint density at radius 3 is 2.23 bits per heavy atom. The van der Waals surface area contributed by atoms with Crippen molar-refractivity contribution in [1.82, 2.24) is 0 Å². The summed E-state index contributed by atoms with van der Waals surface area (Å²) in [5.74, 6) is -1.13. The fourth-order valence-corrected chi connectivity index (χ4v) is 4.80. The van der Waals surface area contributed by atoms with Gasteiger partial charge in [0.15, 0.2) is 13.2 Å². The molecule has 200 valence electrons. The minimum absolute atomic E-state index is 0.122. The second kappa shape index (κ2) is 11.6. The van der Waals surface area contributed by atoms with Crippen LogP contribution in [0.2, 0.25) is 0 Å². The van der Waals surface area contributed by atoms with E-state index in [9.17, 15) is 28.1 Å². The molecule has 0 unspecified atom stereocenters. The number of non-ortho nitro benzene ring substituents is 1. The first-order valence-electron chi connectivity index (χ1n) is 11.5. The molecule has 1 amide bonds. The van der Waals surface area contributed by atoms with E-state index in [-0.39, 0.29) is 10.6 Å². The first-order chi connectivity index (χ1) is 18.6. The number of amides is 1. The second-order valence-electron chi connectivity index (χ2n) is 8.28. The van der Waals surface area contributed by atoms with Gasteiger partial charge in [-0.15, -0.1) is 0 Å². The van der Waals surface area contributed by atoms with E-state index in [4.69, 9.17) is 9.47 Å². The Morgan fingerprint density at radius 2 is 1.56 bits per heavy atom. The molecule has 0 heterocycles. The minimum atomic E-state index is -3.82. The van der Waals surface area contributed by atoms with Crippen molar-refractivity contribution in [2.45, 2.75) is 4.90 Å². The molecule has 0 saturated carbocycles. The van der Waals surface area contributed by atoms with Crippen molar-refractivity contribution in [3.05, 3.63) is 101 Å². The molecular weight excluding hydrogens is 526 g/mol. The average molecular weight is 550 g/mol. The van der Waals surface area contributed by atoms with Gasteiger partial charge in [-0.05, 0) is 59.3 Å². The predicted molar refractivity (Wildman–Crippen MR) is 144 cm³/mol. The molecule has 4 rings (SSSR count). The van der Waals surface area contributed by atoms with E-state index >= 15 is 0 Å². The number of hydrogen-bond donors (Lipinski definition) is 1. The number of hydrogen-bond acceptors (Lipinski definition) is 8. The summed E-state index contributed by atoms with van der Waals surface area (Å²) in [4.78, 5) is 34.2. The zero-order chi connectivity index (χ0) is 28.0. The van der Waals surface area contributed by atoms with Crippen molar-refractivity contribution in [2.24, 2.45) is 0 Å². The van der Waals surface area contributed by atoms with Crippen molar-refractivity contribution in [2.75, 3.05) is 29.9 Å². The molecule has 11 nitrogen and oxygen atoms in total. The van der Waals surface area contributed by atoms with Crippen LogP contribution in [0.1, 0.15) is 0 Å². The third kappa shape index (κ3) is 6.67. The lowest BCUT2D eigenvalue weighted by Crippen LogP contribution is -2.26. The summed E-state index contributed by atoms with van der Waals surface area (Å²) in [5.41, 5.74) is 0.578. The number of esters is 1. The molecule has 0 aliphatic heterocycles. The third-order valence-corrected chi connectivity index (χ3v) is 7.44. The lowest BCUT2D eigenvalue weighted by atomic mass is 10.1. The van der Waals surface area contributed by atoms with Gasteiger partial charge in [-0.25, -0.2) is 13.2 Å². The van der Waals surface area contributed by atoms with Gasteiger partial charge in [0, 0.05) is 24.9 Å². The van der Waals surface area contributed by atoms with E-state index in [2.05, 4.69) is 5.32 Å². The molecule has 0 bridgehead atoms. The lowest BCUT2D eigenvalue weighted by molar-refractivity contribution is -0.384. The fraction of sp³-hybridized carbons (Fsp3) is 0.111.